The number of rotatable bonds is 0. The molecule has 0 rings (SSSR count). The molecule has 0 radical (unpaired) electrons. The van der Waals surface area contributed by atoms with Gasteiger partial charge in [0.25, 0.3) is 0 Å². The summed E-state index contributed by atoms with van der Waals surface area (Å²) in [4.78, 5) is 0. The van der Waals surface area contributed by atoms with Gasteiger partial charge in [0.2, 0.25) is 0 Å². The van der Waals surface area contributed by atoms with E-state index in [0.29, 0.717) is 0 Å². The molecule has 1 nitrogen and oxygen atoms in total. The number of hydrogen-bond acceptors (Lipinski definition) is 1. The van der Waals surface area contributed by atoms with Gasteiger partial charge in [0, 0.05) is 27.2 Å². The number of aliphatic hydroxyl groups excluding tert-OH is 1. The van der Waals surface area contributed by atoms with Crippen LogP contribution in [0.3, 0.4) is 0 Å². The fourth-order valence-corrected chi connectivity index (χ4v) is 0.161. The molecule has 0 aromatic carbocycles. The van der Waals surface area contributed by atoms with Crippen LogP contribution in [0.5, 0.6) is 0 Å². The summed E-state index contributed by atoms with van der Waals surface area (Å²) in [7, 11) is 0. The molecule has 0 heterocycles. The van der Waals surface area contributed by atoms with Gasteiger partial charge < -0.3 is 5.11 Å². The van der Waals surface area contributed by atoms with Crippen molar-refractivity contribution >= 4 is 0 Å². The van der Waals surface area contributed by atoms with E-state index >= 15 is 0 Å². The van der Waals surface area contributed by atoms with Crippen molar-refractivity contribution < 1.29 is 52.5 Å². The van der Waals surface area contributed by atoms with E-state index in [0.717, 1.165) is 0 Å². The Morgan fingerprint density at radius 1 is 0.818 bits per heavy atom. The Balaban J connectivity index is 0. The van der Waals surface area contributed by atoms with Gasteiger partial charge in [-0.3, -0.25) is 0 Å². The van der Waals surface area contributed by atoms with E-state index in [9.17, 15) is 26.3 Å². The number of aliphatic hydroxyl groups is 1. The molecule has 0 unspecified atom stereocenters. The fraction of sp³-hybridized carbons (Fsp3) is 0.667. The number of hydrogen-bond donors (Lipinski definition) is 1. The first-order chi connectivity index (χ1) is 4.15. The number of halogens is 6. The SMILES string of the molecule is O[C-](C(F)(F)F)C(F)(F)F.[W]. The predicted octanol–water partition coefficient (Wildman–Crippen LogP) is 2.01. The Morgan fingerprint density at radius 3 is 1.00 bits per heavy atom. The molecule has 68 valence electrons. The third-order valence-corrected chi connectivity index (χ3v) is 0.537. The summed E-state index contributed by atoms with van der Waals surface area (Å²) in [6, 6.07) is 0. The fourth-order valence-electron chi connectivity index (χ4n) is 0.161. The van der Waals surface area contributed by atoms with Gasteiger partial charge in [0.1, 0.15) is 0 Å². The van der Waals surface area contributed by atoms with Crippen LogP contribution in [-0.2, 0) is 21.1 Å². The summed E-state index contributed by atoms with van der Waals surface area (Å²) in [5.41, 5.74) is 0. The van der Waals surface area contributed by atoms with E-state index < -0.39 is 18.5 Å². The van der Waals surface area contributed by atoms with Gasteiger partial charge >= 0.3 is 12.4 Å². The van der Waals surface area contributed by atoms with E-state index in [1.54, 1.807) is 0 Å². The van der Waals surface area contributed by atoms with Crippen LogP contribution in [0, 0.1) is 6.10 Å². The van der Waals surface area contributed by atoms with E-state index in [1.807, 2.05) is 0 Å². The molecule has 0 atom stereocenters. The second-order valence-electron chi connectivity index (χ2n) is 1.34. The first kappa shape index (κ1) is 13.8. The van der Waals surface area contributed by atoms with E-state index in [1.165, 1.54) is 0 Å². The van der Waals surface area contributed by atoms with Crippen molar-refractivity contribution in [1.29, 1.82) is 0 Å². The van der Waals surface area contributed by atoms with Crippen LogP contribution in [0.4, 0.5) is 26.3 Å². The molecule has 0 amide bonds. The molecule has 0 aliphatic heterocycles. The Kier molecular flexibility index (Phi) is 4.71. The van der Waals surface area contributed by atoms with Gasteiger partial charge in [0.05, 0.1) is 0 Å². The molecule has 0 saturated carbocycles. The summed E-state index contributed by atoms with van der Waals surface area (Å²) in [5.74, 6) is 0. The van der Waals surface area contributed by atoms with Crippen molar-refractivity contribution in [2.24, 2.45) is 0 Å². The standard InChI is InChI=1S/C3HF6O.W/c4-2(5,6)1(10)3(7,8)9;/h10H;/q-1;. The Labute approximate surface area is 71.6 Å². The molecule has 0 fully saturated rings. The molecule has 0 aromatic rings. The molecule has 0 aromatic heterocycles. The molecule has 1 N–H and O–H groups in total. The van der Waals surface area contributed by atoms with Crippen molar-refractivity contribution in [3.8, 4) is 0 Å². The Hall–Kier alpha value is 0.228. The van der Waals surface area contributed by atoms with E-state index in [2.05, 4.69) is 0 Å². The van der Waals surface area contributed by atoms with Gasteiger partial charge in [-0.15, -0.1) is 0 Å². The van der Waals surface area contributed by atoms with E-state index in [-0.39, 0.29) is 21.1 Å². The molecule has 0 saturated heterocycles. The second kappa shape index (κ2) is 3.76. The minimum atomic E-state index is -5.71. The van der Waals surface area contributed by atoms with Crippen LogP contribution < -0.4 is 0 Å². The van der Waals surface area contributed by atoms with Gasteiger partial charge in [-0.05, 0) is 0 Å². The van der Waals surface area contributed by atoms with Crippen LogP contribution >= 0.6 is 0 Å². The minimum Gasteiger partial charge on any atom is -0.546 e. The molecular formula is C3HF6OW-. The van der Waals surface area contributed by atoms with Gasteiger partial charge in [0.15, 0.2) is 0 Å². The molecule has 0 bridgehead atoms. The molecule has 0 aliphatic rings. The van der Waals surface area contributed by atoms with E-state index in [4.69, 9.17) is 5.11 Å². The molecule has 11 heavy (non-hydrogen) atoms. The summed E-state index contributed by atoms with van der Waals surface area (Å²) in [5, 5.41) is 7.39. The maximum Gasteiger partial charge on any atom is 0.302 e. The monoisotopic (exact) mass is 351 g/mol. The third-order valence-electron chi connectivity index (χ3n) is 0.537. The zero-order valence-corrected chi connectivity index (χ0v) is 7.56. The van der Waals surface area contributed by atoms with Gasteiger partial charge in [-0.1, -0.05) is 0 Å². The summed E-state index contributed by atoms with van der Waals surface area (Å²) < 4.78 is 65.6. The van der Waals surface area contributed by atoms with Crippen LogP contribution in [0.25, 0.3) is 0 Å². The normalized spacial score (nSPS) is 13.1. The maximum atomic E-state index is 10.9. The average Bonchev–Trinajstić information content (AvgIpc) is 1.59. The van der Waals surface area contributed by atoms with Crippen LogP contribution in [0.15, 0.2) is 0 Å². The summed E-state index contributed by atoms with van der Waals surface area (Å²) in [6.07, 6.45) is -14.9. The minimum absolute atomic E-state index is 0. The van der Waals surface area contributed by atoms with Crippen LogP contribution in [-0.4, -0.2) is 17.5 Å². The third kappa shape index (κ3) is 4.63. The van der Waals surface area contributed by atoms with Crippen molar-refractivity contribution in [2.45, 2.75) is 12.4 Å². The van der Waals surface area contributed by atoms with Gasteiger partial charge in [-0.2, -0.15) is 0 Å². The first-order valence-corrected chi connectivity index (χ1v) is 1.86. The summed E-state index contributed by atoms with van der Waals surface area (Å²) in [6.45, 7) is 0. The van der Waals surface area contributed by atoms with Crippen LogP contribution in [0.2, 0.25) is 0 Å². The largest absolute Gasteiger partial charge is 0.546 e. The maximum absolute atomic E-state index is 10.9. The molecule has 0 spiro atoms. The van der Waals surface area contributed by atoms with Crippen molar-refractivity contribution in [2.75, 3.05) is 0 Å². The Morgan fingerprint density at radius 2 is 1.00 bits per heavy atom. The van der Waals surface area contributed by atoms with Gasteiger partial charge in [-0.25, -0.2) is 26.3 Å². The molecule has 0 aliphatic carbocycles. The smallest absolute Gasteiger partial charge is 0.302 e. The van der Waals surface area contributed by atoms with Crippen molar-refractivity contribution in [3.05, 3.63) is 6.10 Å². The zero-order chi connectivity index (χ0) is 8.58. The Bertz CT molecular complexity index is 102. The quantitative estimate of drug-likeness (QED) is 0.523. The van der Waals surface area contributed by atoms with Crippen LogP contribution in [0.1, 0.15) is 0 Å². The number of alkyl halides is 6. The average molecular weight is 351 g/mol. The predicted molar refractivity (Wildman–Crippen MR) is 17.3 cm³/mol. The van der Waals surface area contributed by atoms with Crippen molar-refractivity contribution in [1.82, 2.24) is 0 Å². The molecular weight excluding hydrogens is 350 g/mol. The first-order valence-electron chi connectivity index (χ1n) is 1.86. The van der Waals surface area contributed by atoms with Crippen molar-refractivity contribution in [3.63, 3.8) is 0 Å². The second-order valence-corrected chi connectivity index (χ2v) is 1.34. The zero-order valence-electron chi connectivity index (χ0n) is 4.62. The molecule has 8 heteroatoms. The summed E-state index contributed by atoms with van der Waals surface area (Å²) >= 11 is 0. The topological polar surface area (TPSA) is 20.2 Å².